The van der Waals surface area contributed by atoms with Crippen molar-refractivity contribution in [3.8, 4) is 11.4 Å². The van der Waals surface area contributed by atoms with Gasteiger partial charge >= 0.3 is 0 Å². The molecular weight excluding hydrogens is 376 g/mol. The van der Waals surface area contributed by atoms with Gasteiger partial charge in [0.15, 0.2) is 21.4 Å². The summed E-state index contributed by atoms with van der Waals surface area (Å²) in [5.74, 6) is -0.0860. The minimum Gasteiger partial charge on any atom is -0.384 e. The molecule has 0 saturated heterocycles. The number of nitrogens with one attached hydrogen (secondary N) is 1. The molecule has 0 fully saturated rings. The third-order valence-electron chi connectivity index (χ3n) is 3.20. The fourth-order valence-corrected chi connectivity index (χ4v) is 3.27. The van der Waals surface area contributed by atoms with E-state index in [1.807, 2.05) is 0 Å². The molecule has 3 aromatic rings. The number of benzene rings is 1. The minimum atomic E-state index is -3.24. The molecule has 3 rings (SSSR count). The normalized spacial score (nSPS) is 11.3. The molecule has 2 heterocycles. The highest BCUT2D eigenvalue weighted by Crippen LogP contribution is 2.20. The van der Waals surface area contributed by atoms with Crippen molar-refractivity contribution in [2.45, 2.75) is 5.75 Å². The Morgan fingerprint density at radius 3 is 2.58 bits per heavy atom. The largest absolute Gasteiger partial charge is 0.384 e. The van der Waals surface area contributed by atoms with Crippen molar-refractivity contribution in [3.63, 3.8) is 0 Å². The Bertz CT molecular complexity index is 1030. The Morgan fingerprint density at radius 2 is 1.96 bits per heavy atom. The van der Waals surface area contributed by atoms with Crippen LogP contribution in [0.1, 0.15) is 16.2 Å². The molecule has 0 saturated carbocycles. The highest BCUT2D eigenvalue weighted by molar-refractivity contribution is 7.89. The summed E-state index contributed by atoms with van der Waals surface area (Å²) in [7, 11) is -3.24. The van der Waals surface area contributed by atoms with Gasteiger partial charge in [-0.3, -0.25) is 4.79 Å². The maximum atomic E-state index is 11.9. The second kappa shape index (κ2) is 7.14. The molecule has 0 atom stereocenters. The number of rotatable bonds is 5. The number of amides is 1. The lowest BCUT2D eigenvalue weighted by Gasteiger charge is -2.07. The van der Waals surface area contributed by atoms with Gasteiger partial charge in [-0.25, -0.2) is 18.4 Å². The van der Waals surface area contributed by atoms with Gasteiger partial charge in [0.1, 0.15) is 5.82 Å². The quantitative estimate of drug-likeness (QED) is 0.665. The average Bonchev–Trinajstić information content (AvgIpc) is 3.08. The van der Waals surface area contributed by atoms with Crippen LogP contribution in [0.4, 0.5) is 11.5 Å². The van der Waals surface area contributed by atoms with Crippen LogP contribution in [0.5, 0.6) is 0 Å². The predicted octanol–water partition coefficient (Wildman–Crippen LogP) is 1.37. The second-order valence-corrected chi connectivity index (χ2v) is 8.25. The Balaban J connectivity index is 1.81. The Kier molecular flexibility index (Phi) is 4.91. The molecule has 0 aliphatic heterocycles. The van der Waals surface area contributed by atoms with Crippen LogP contribution < -0.4 is 11.1 Å². The van der Waals surface area contributed by atoms with Gasteiger partial charge in [0, 0.05) is 29.0 Å². The molecule has 1 aromatic carbocycles. The molecular formula is C15H14N6O3S2. The third kappa shape index (κ3) is 4.58. The smallest absolute Gasteiger partial charge is 0.277 e. The summed E-state index contributed by atoms with van der Waals surface area (Å²) in [6.07, 6.45) is 1.13. The molecule has 1 amide bonds. The van der Waals surface area contributed by atoms with Crippen molar-refractivity contribution in [2.75, 3.05) is 17.3 Å². The van der Waals surface area contributed by atoms with Crippen molar-refractivity contribution in [1.29, 1.82) is 0 Å². The standard InChI is InChI=1S/C15H14N6O3S2/c1-26(23,24)8-11-6-13(16)19-14(17-11)9-2-4-10(5-3-9)18-15(22)12-7-25-21-20-12/h2-7H,8H2,1H3,(H,18,22)(H2,16,17,19). The topological polar surface area (TPSA) is 141 Å². The summed E-state index contributed by atoms with van der Waals surface area (Å²) >= 11 is 1.09. The zero-order valence-corrected chi connectivity index (χ0v) is 15.2. The van der Waals surface area contributed by atoms with Crippen LogP contribution in [-0.4, -0.2) is 40.1 Å². The van der Waals surface area contributed by atoms with Crippen molar-refractivity contribution in [3.05, 3.63) is 47.1 Å². The van der Waals surface area contributed by atoms with Gasteiger partial charge in [-0.05, 0) is 35.8 Å². The first kappa shape index (κ1) is 17.9. The van der Waals surface area contributed by atoms with Crippen LogP contribution in [0, 0.1) is 0 Å². The Hall–Kier alpha value is -2.92. The summed E-state index contributed by atoms with van der Waals surface area (Å²) in [6.45, 7) is 0. The first-order valence-electron chi connectivity index (χ1n) is 7.30. The molecule has 9 nitrogen and oxygen atoms in total. The van der Waals surface area contributed by atoms with E-state index >= 15 is 0 Å². The molecule has 2 aromatic heterocycles. The average molecular weight is 390 g/mol. The fraction of sp³-hybridized carbons (Fsp3) is 0.133. The Labute approximate surface area is 153 Å². The van der Waals surface area contributed by atoms with E-state index in [2.05, 4.69) is 24.9 Å². The van der Waals surface area contributed by atoms with E-state index in [1.165, 1.54) is 6.07 Å². The molecule has 0 unspecified atom stereocenters. The van der Waals surface area contributed by atoms with Gasteiger partial charge in [0.05, 0.1) is 11.4 Å². The number of anilines is 2. The SMILES string of the molecule is CS(=O)(=O)Cc1cc(N)nc(-c2ccc(NC(=O)c3csnn3)cc2)n1. The number of nitrogens with zero attached hydrogens (tertiary/aromatic N) is 4. The van der Waals surface area contributed by atoms with Gasteiger partial charge in [-0.2, -0.15) is 0 Å². The molecule has 0 aliphatic carbocycles. The predicted molar refractivity (Wildman–Crippen MR) is 98.3 cm³/mol. The van der Waals surface area contributed by atoms with E-state index in [1.54, 1.807) is 29.6 Å². The maximum absolute atomic E-state index is 11.9. The van der Waals surface area contributed by atoms with Crippen molar-refractivity contribution in [1.82, 2.24) is 19.6 Å². The summed E-state index contributed by atoms with van der Waals surface area (Å²) in [5.41, 5.74) is 7.51. The summed E-state index contributed by atoms with van der Waals surface area (Å²) in [4.78, 5) is 20.3. The lowest BCUT2D eigenvalue weighted by Crippen LogP contribution is -2.12. The third-order valence-corrected chi connectivity index (χ3v) is 4.53. The van der Waals surface area contributed by atoms with Gasteiger partial charge in [0.2, 0.25) is 0 Å². The van der Waals surface area contributed by atoms with Crippen LogP contribution in [0.15, 0.2) is 35.7 Å². The van der Waals surface area contributed by atoms with Crippen LogP contribution in [0.25, 0.3) is 11.4 Å². The zero-order chi connectivity index (χ0) is 18.7. The van der Waals surface area contributed by atoms with E-state index in [-0.39, 0.29) is 23.2 Å². The monoisotopic (exact) mass is 390 g/mol. The Morgan fingerprint density at radius 1 is 1.23 bits per heavy atom. The highest BCUT2D eigenvalue weighted by atomic mass is 32.2. The van der Waals surface area contributed by atoms with E-state index in [0.29, 0.717) is 22.8 Å². The number of carbonyl (C=O) groups excluding carboxylic acids is 1. The molecule has 11 heteroatoms. The number of nitrogen functional groups attached to an aromatic ring is 1. The molecule has 0 bridgehead atoms. The van der Waals surface area contributed by atoms with Crippen LogP contribution in [-0.2, 0) is 15.6 Å². The van der Waals surface area contributed by atoms with Crippen molar-refractivity contribution >= 4 is 38.8 Å². The number of hydrogen-bond acceptors (Lipinski definition) is 9. The fourth-order valence-electron chi connectivity index (χ4n) is 2.15. The number of sulfone groups is 1. The summed E-state index contributed by atoms with van der Waals surface area (Å²) in [5, 5.41) is 7.95. The van der Waals surface area contributed by atoms with E-state index in [0.717, 1.165) is 17.8 Å². The summed E-state index contributed by atoms with van der Waals surface area (Å²) < 4.78 is 26.5. The van der Waals surface area contributed by atoms with Crippen LogP contribution in [0.3, 0.4) is 0 Å². The molecule has 26 heavy (non-hydrogen) atoms. The second-order valence-electron chi connectivity index (χ2n) is 5.50. The van der Waals surface area contributed by atoms with Crippen LogP contribution >= 0.6 is 11.5 Å². The van der Waals surface area contributed by atoms with E-state index in [9.17, 15) is 13.2 Å². The van der Waals surface area contributed by atoms with Gasteiger partial charge in [0.25, 0.3) is 5.91 Å². The summed E-state index contributed by atoms with van der Waals surface area (Å²) in [6, 6.07) is 8.19. The minimum absolute atomic E-state index is 0.182. The van der Waals surface area contributed by atoms with Crippen LogP contribution in [0.2, 0.25) is 0 Å². The van der Waals surface area contributed by atoms with E-state index in [4.69, 9.17) is 5.73 Å². The first-order valence-corrected chi connectivity index (χ1v) is 10.2. The first-order chi connectivity index (χ1) is 12.3. The maximum Gasteiger partial charge on any atom is 0.277 e. The zero-order valence-electron chi connectivity index (χ0n) is 13.6. The highest BCUT2D eigenvalue weighted by Gasteiger charge is 2.12. The molecule has 0 aliphatic rings. The lowest BCUT2D eigenvalue weighted by molar-refractivity contribution is 0.102. The lowest BCUT2D eigenvalue weighted by atomic mass is 10.2. The van der Waals surface area contributed by atoms with Crippen molar-refractivity contribution in [2.24, 2.45) is 0 Å². The number of carbonyl (C=O) groups is 1. The molecule has 3 N–H and O–H groups in total. The van der Waals surface area contributed by atoms with Gasteiger partial charge in [-0.1, -0.05) is 4.49 Å². The van der Waals surface area contributed by atoms with Crippen molar-refractivity contribution < 1.29 is 13.2 Å². The number of aromatic nitrogens is 4. The molecule has 0 radical (unpaired) electrons. The van der Waals surface area contributed by atoms with Gasteiger partial charge < -0.3 is 11.1 Å². The number of hydrogen-bond donors (Lipinski definition) is 2. The molecule has 134 valence electrons. The molecule has 0 spiro atoms. The van der Waals surface area contributed by atoms with E-state index < -0.39 is 9.84 Å². The van der Waals surface area contributed by atoms with Gasteiger partial charge in [-0.15, -0.1) is 5.10 Å². The number of nitrogens with two attached hydrogens (primary N) is 1.